The van der Waals surface area contributed by atoms with Crippen molar-refractivity contribution in [2.75, 3.05) is 18.9 Å². The summed E-state index contributed by atoms with van der Waals surface area (Å²) in [6.07, 6.45) is 2.44. The number of nitrogens with two attached hydrogens (primary N) is 1. The van der Waals surface area contributed by atoms with E-state index in [9.17, 15) is 9.59 Å². The Balaban J connectivity index is 1.93. The third-order valence-electron chi connectivity index (χ3n) is 3.38. The normalized spacial score (nSPS) is 20.2. The molecule has 1 fully saturated rings. The van der Waals surface area contributed by atoms with Crippen molar-refractivity contribution in [1.29, 1.82) is 0 Å². The fourth-order valence-corrected chi connectivity index (χ4v) is 2.19. The minimum atomic E-state index is -0.235. The molecule has 0 aliphatic carbocycles. The highest BCUT2D eigenvalue weighted by molar-refractivity contribution is 5.76. The van der Waals surface area contributed by atoms with Gasteiger partial charge in [-0.2, -0.15) is 0 Å². The van der Waals surface area contributed by atoms with Gasteiger partial charge in [0.15, 0.2) is 0 Å². The number of carbonyl (C=O) groups is 1. The molecule has 2 heterocycles. The van der Waals surface area contributed by atoms with E-state index in [1.807, 2.05) is 6.92 Å². The lowest BCUT2D eigenvalue weighted by Crippen LogP contribution is -2.41. The molecule has 19 heavy (non-hydrogen) atoms. The van der Waals surface area contributed by atoms with E-state index < -0.39 is 0 Å². The van der Waals surface area contributed by atoms with E-state index in [0.717, 1.165) is 13.0 Å². The summed E-state index contributed by atoms with van der Waals surface area (Å²) < 4.78 is 6.60. The quantitative estimate of drug-likeness (QED) is 0.800. The van der Waals surface area contributed by atoms with E-state index in [1.165, 1.54) is 22.9 Å². The first kappa shape index (κ1) is 13.6. The zero-order chi connectivity index (χ0) is 13.8. The Morgan fingerprint density at radius 2 is 2.42 bits per heavy atom. The van der Waals surface area contributed by atoms with Gasteiger partial charge in [0.1, 0.15) is 6.54 Å². The van der Waals surface area contributed by atoms with Crippen molar-refractivity contribution in [3.05, 3.63) is 28.7 Å². The lowest BCUT2D eigenvalue weighted by atomic mass is 10.0. The fraction of sp³-hybridized carbons (Fsp3) is 0.538. The van der Waals surface area contributed by atoms with Crippen molar-refractivity contribution in [2.45, 2.75) is 25.9 Å². The molecule has 6 heteroatoms. The van der Waals surface area contributed by atoms with Gasteiger partial charge >= 0.3 is 0 Å². The molecule has 2 unspecified atom stereocenters. The van der Waals surface area contributed by atoms with Crippen LogP contribution in [0.5, 0.6) is 0 Å². The van der Waals surface area contributed by atoms with Crippen LogP contribution in [0.1, 0.15) is 13.3 Å². The highest BCUT2D eigenvalue weighted by atomic mass is 16.5. The second-order valence-corrected chi connectivity index (χ2v) is 4.91. The first-order chi connectivity index (χ1) is 9.06. The molecular weight excluding hydrogens is 246 g/mol. The van der Waals surface area contributed by atoms with Crippen LogP contribution in [0.4, 0.5) is 5.69 Å². The van der Waals surface area contributed by atoms with Crippen LogP contribution in [-0.4, -0.2) is 29.7 Å². The Labute approximate surface area is 111 Å². The molecule has 0 aromatic carbocycles. The van der Waals surface area contributed by atoms with Gasteiger partial charge in [0.05, 0.1) is 6.61 Å². The second-order valence-electron chi connectivity index (χ2n) is 4.91. The van der Waals surface area contributed by atoms with E-state index in [0.29, 0.717) is 18.2 Å². The second kappa shape index (κ2) is 5.88. The molecule has 2 atom stereocenters. The molecule has 0 saturated carbocycles. The summed E-state index contributed by atoms with van der Waals surface area (Å²) in [6, 6.07) is 2.93. The molecule has 0 spiro atoms. The molecule has 1 aromatic heterocycles. The van der Waals surface area contributed by atoms with Gasteiger partial charge in [0.2, 0.25) is 5.91 Å². The highest BCUT2D eigenvalue weighted by Crippen LogP contribution is 2.16. The average molecular weight is 265 g/mol. The molecular formula is C13H19N3O3. The van der Waals surface area contributed by atoms with Gasteiger partial charge in [-0.25, -0.2) is 0 Å². The van der Waals surface area contributed by atoms with Crippen LogP contribution in [-0.2, 0) is 16.1 Å². The van der Waals surface area contributed by atoms with Crippen molar-refractivity contribution in [3.63, 3.8) is 0 Å². The molecule has 0 bridgehead atoms. The predicted molar refractivity (Wildman–Crippen MR) is 71.6 cm³/mol. The van der Waals surface area contributed by atoms with E-state index in [2.05, 4.69) is 5.32 Å². The molecule has 0 radical (unpaired) electrons. The SMILES string of the molecule is CC(NC(=O)Cn1cc(N)ccc1=O)C1CCOC1. The van der Waals surface area contributed by atoms with Crippen LogP contribution in [0, 0.1) is 5.92 Å². The number of anilines is 1. The first-order valence-electron chi connectivity index (χ1n) is 6.39. The lowest BCUT2D eigenvalue weighted by molar-refractivity contribution is -0.122. The van der Waals surface area contributed by atoms with Gasteiger partial charge < -0.3 is 20.4 Å². The van der Waals surface area contributed by atoms with Crippen molar-refractivity contribution >= 4 is 11.6 Å². The smallest absolute Gasteiger partial charge is 0.251 e. The van der Waals surface area contributed by atoms with Crippen molar-refractivity contribution < 1.29 is 9.53 Å². The Kier molecular flexibility index (Phi) is 4.21. The molecule has 2 rings (SSSR count). The maximum Gasteiger partial charge on any atom is 0.251 e. The third-order valence-corrected chi connectivity index (χ3v) is 3.38. The van der Waals surface area contributed by atoms with Crippen molar-refractivity contribution in [3.8, 4) is 0 Å². The lowest BCUT2D eigenvalue weighted by Gasteiger charge is -2.19. The summed E-state index contributed by atoms with van der Waals surface area (Å²) in [5.41, 5.74) is 5.82. The van der Waals surface area contributed by atoms with Gasteiger partial charge in [0.25, 0.3) is 5.56 Å². The summed E-state index contributed by atoms with van der Waals surface area (Å²) in [6.45, 7) is 3.38. The van der Waals surface area contributed by atoms with E-state index in [1.54, 1.807) is 0 Å². The fourth-order valence-electron chi connectivity index (χ4n) is 2.19. The number of ether oxygens (including phenoxy) is 1. The minimum Gasteiger partial charge on any atom is -0.398 e. The van der Waals surface area contributed by atoms with Crippen LogP contribution >= 0.6 is 0 Å². The number of carbonyl (C=O) groups excluding carboxylic acids is 1. The van der Waals surface area contributed by atoms with Crippen molar-refractivity contribution in [1.82, 2.24) is 9.88 Å². The summed E-state index contributed by atoms with van der Waals surface area (Å²) in [5, 5.41) is 2.90. The summed E-state index contributed by atoms with van der Waals surface area (Å²) >= 11 is 0. The molecule has 3 N–H and O–H groups in total. The number of pyridine rings is 1. The van der Waals surface area contributed by atoms with E-state index in [-0.39, 0.29) is 24.1 Å². The monoisotopic (exact) mass is 265 g/mol. The van der Waals surface area contributed by atoms with Gasteiger partial charge in [-0.05, 0) is 19.4 Å². The average Bonchev–Trinajstić information content (AvgIpc) is 2.87. The van der Waals surface area contributed by atoms with E-state index >= 15 is 0 Å². The molecule has 104 valence electrons. The minimum absolute atomic E-state index is 0.0121. The zero-order valence-electron chi connectivity index (χ0n) is 11.0. The van der Waals surface area contributed by atoms with Gasteiger partial charge in [-0.3, -0.25) is 9.59 Å². The molecule has 6 nitrogen and oxygen atoms in total. The van der Waals surface area contributed by atoms with Crippen LogP contribution in [0.25, 0.3) is 0 Å². The number of hydrogen-bond acceptors (Lipinski definition) is 4. The number of amides is 1. The Morgan fingerprint density at radius 3 is 3.11 bits per heavy atom. The predicted octanol–water partition coefficient (Wildman–Crippen LogP) is -0.0283. The Morgan fingerprint density at radius 1 is 1.63 bits per heavy atom. The number of nitrogens with one attached hydrogen (secondary N) is 1. The Bertz CT molecular complexity index is 506. The summed E-state index contributed by atoms with van der Waals surface area (Å²) in [5.74, 6) is 0.161. The number of aromatic nitrogens is 1. The van der Waals surface area contributed by atoms with E-state index in [4.69, 9.17) is 10.5 Å². The van der Waals surface area contributed by atoms with Crippen molar-refractivity contribution in [2.24, 2.45) is 5.92 Å². The molecule has 1 saturated heterocycles. The molecule has 1 aromatic rings. The topological polar surface area (TPSA) is 86.4 Å². The summed E-state index contributed by atoms with van der Waals surface area (Å²) in [4.78, 5) is 23.4. The van der Waals surface area contributed by atoms with Gasteiger partial charge in [-0.15, -0.1) is 0 Å². The number of nitrogens with zero attached hydrogens (tertiary/aromatic N) is 1. The van der Waals surface area contributed by atoms with Crippen LogP contribution in [0.3, 0.4) is 0 Å². The Hall–Kier alpha value is -1.82. The number of hydrogen-bond donors (Lipinski definition) is 2. The van der Waals surface area contributed by atoms with Crippen LogP contribution < -0.4 is 16.6 Å². The third kappa shape index (κ3) is 3.57. The molecule has 1 aliphatic rings. The standard InChI is InChI=1S/C13H19N3O3/c1-9(10-4-5-19-8-10)15-12(17)7-16-6-11(14)2-3-13(16)18/h2-3,6,9-10H,4-5,7-8,14H2,1H3,(H,15,17). The van der Waals surface area contributed by atoms with Gasteiger partial charge in [0, 0.05) is 36.5 Å². The first-order valence-corrected chi connectivity index (χ1v) is 6.39. The summed E-state index contributed by atoms with van der Waals surface area (Å²) in [7, 11) is 0. The number of nitrogen functional groups attached to an aromatic ring is 1. The molecule has 1 amide bonds. The van der Waals surface area contributed by atoms with Gasteiger partial charge in [-0.1, -0.05) is 0 Å². The highest BCUT2D eigenvalue weighted by Gasteiger charge is 2.23. The van der Waals surface area contributed by atoms with Crippen LogP contribution in [0.15, 0.2) is 23.1 Å². The number of rotatable bonds is 4. The maximum atomic E-state index is 11.9. The van der Waals surface area contributed by atoms with Crippen LogP contribution in [0.2, 0.25) is 0 Å². The zero-order valence-corrected chi connectivity index (χ0v) is 11.0. The molecule has 1 aliphatic heterocycles. The maximum absolute atomic E-state index is 11.9. The largest absolute Gasteiger partial charge is 0.398 e.